The minimum absolute atomic E-state index is 0.0590. The van der Waals surface area contributed by atoms with Crippen molar-refractivity contribution in [2.45, 2.75) is 57.4 Å². The highest BCUT2D eigenvalue weighted by Crippen LogP contribution is 2.50. The fourth-order valence-electron chi connectivity index (χ4n) is 9.43. The predicted molar refractivity (Wildman–Crippen MR) is 199 cm³/mol. The Balaban J connectivity index is 1.00. The molecule has 2 aliphatic heterocycles. The van der Waals surface area contributed by atoms with E-state index >= 15 is 0 Å². The molecule has 12 heteroatoms. The lowest BCUT2D eigenvalue weighted by atomic mass is 9.65. The summed E-state index contributed by atoms with van der Waals surface area (Å²) in [5.41, 5.74) is 3.09. The van der Waals surface area contributed by atoms with Crippen LogP contribution in [-0.2, 0) is 20.9 Å². The summed E-state index contributed by atoms with van der Waals surface area (Å²) in [6.45, 7) is 2.13. The van der Waals surface area contributed by atoms with Gasteiger partial charge in [-0.1, -0.05) is 79.2 Å². The fraction of sp³-hybridized carbons (Fsp3) is 0.227. The van der Waals surface area contributed by atoms with Gasteiger partial charge < -0.3 is 10.1 Å². The highest BCUT2D eigenvalue weighted by molar-refractivity contribution is 6.30. The second-order valence-corrected chi connectivity index (χ2v) is 15.9. The lowest BCUT2D eigenvalue weighted by Crippen LogP contribution is -2.49. The number of pyridine rings is 1. The van der Waals surface area contributed by atoms with Gasteiger partial charge in [0.1, 0.15) is 16.5 Å². The second-order valence-electron chi connectivity index (χ2n) is 15.6. The van der Waals surface area contributed by atoms with Crippen molar-refractivity contribution in [1.29, 1.82) is 0 Å². The van der Waals surface area contributed by atoms with Crippen LogP contribution in [0.25, 0.3) is 0 Å². The Morgan fingerprint density at radius 1 is 0.750 bits per heavy atom. The number of aromatic amines is 1. The van der Waals surface area contributed by atoms with Gasteiger partial charge in [0.05, 0.1) is 11.3 Å². The molecule has 2 aromatic carbocycles. The summed E-state index contributed by atoms with van der Waals surface area (Å²) < 4.78 is 7.81. The van der Waals surface area contributed by atoms with Gasteiger partial charge >= 0.3 is 0 Å². The van der Waals surface area contributed by atoms with Crippen LogP contribution in [0.15, 0.2) is 124 Å². The summed E-state index contributed by atoms with van der Waals surface area (Å²) in [7, 11) is 0. The summed E-state index contributed by atoms with van der Waals surface area (Å²) in [5.74, 6) is -3.11. The number of hydrogen-bond donors (Lipinski definition) is 2. The van der Waals surface area contributed by atoms with Crippen molar-refractivity contribution < 1.29 is 38.2 Å². The highest BCUT2D eigenvalue weighted by atomic mass is 35.5. The van der Waals surface area contributed by atoms with E-state index in [9.17, 15) is 28.8 Å². The van der Waals surface area contributed by atoms with Crippen LogP contribution in [0.3, 0.4) is 0 Å². The van der Waals surface area contributed by atoms with E-state index in [0.717, 1.165) is 5.56 Å². The molecule has 4 heterocycles. The standard InChI is InChI=1S/C44H31ClN4O7/c1-44(16-26-33(28(51)17-44)32(22-14-15-30(45)46-18-22)35-38(47-26)40(53)24-11-6-5-10-23(24)39(35)52)20-49-19-25-37(48-49)42(55)36-31(21-8-3-2-4-9-21)34-27(50)12-7-13-29(34)56-43(36)41(25)54/h2-6,8-11,14-15,18-19,31-32H,7,12-13,16-17,20H2,1H3,(H,47,51,52)/p+1. The van der Waals surface area contributed by atoms with Gasteiger partial charge in [0.15, 0.2) is 35.3 Å². The smallest absolute Gasteiger partial charge is 0.237 e. The van der Waals surface area contributed by atoms with Gasteiger partial charge in [0.2, 0.25) is 23.5 Å². The van der Waals surface area contributed by atoms with Crippen LogP contribution in [-0.4, -0.2) is 44.8 Å². The number of hydrogen-bond acceptors (Lipinski definition) is 9. The Morgan fingerprint density at radius 2 is 1.48 bits per heavy atom. The number of nitrogens with one attached hydrogen (secondary N) is 2. The number of fused-ring (bicyclic) bond motifs is 2. The molecular weight excluding hydrogens is 732 g/mol. The normalized spacial score (nSPS) is 24.2. The number of halogens is 1. The van der Waals surface area contributed by atoms with Gasteiger partial charge in [0.25, 0.3) is 0 Å². The van der Waals surface area contributed by atoms with E-state index in [2.05, 4.69) is 15.4 Å². The number of carbonyl (C=O) groups excluding carboxylic acids is 6. The molecule has 0 amide bonds. The van der Waals surface area contributed by atoms with Gasteiger partial charge in [-0.2, -0.15) is 5.10 Å². The SMILES string of the molecule is CC1(C[n+]2cc3c([nH]2)C(=O)C2=C(OC4=C(C(=O)CCC4)C2c2ccccc2)C3=O)CC(=O)C2=C(C1)NC1=C(C(=O)c3ccccc3C1=O)C2c1ccc(Cl)nc1. The third-order valence-corrected chi connectivity index (χ3v) is 12.0. The zero-order valence-corrected chi connectivity index (χ0v) is 30.8. The van der Waals surface area contributed by atoms with Crippen molar-refractivity contribution in [1.82, 2.24) is 15.4 Å². The Kier molecular flexibility index (Phi) is 7.53. The molecule has 0 bridgehead atoms. The molecule has 4 aliphatic carbocycles. The molecule has 56 heavy (non-hydrogen) atoms. The molecule has 2 aromatic heterocycles. The number of rotatable bonds is 4. The van der Waals surface area contributed by atoms with Gasteiger partial charge in [-0.05, 0) is 30.0 Å². The molecule has 2 N–H and O–H groups in total. The third kappa shape index (κ3) is 5.03. The van der Waals surface area contributed by atoms with Gasteiger partial charge in [0, 0.05) is 76.3 Å². The zero-order valence-electron chi connectivity index (χ0n) is 30.0. The van der Waals surface area contributed by atoms with Crippen molar-refractivity contribution in [2.75, 3.05) is 0 Å². The molecule has 6 aliphatic rings. The maximum absolute atomic E-state index is 14.4. The summed E-state index contributed by atoms with van der Waals surface area (Å²) >= 11 is 6.14. The van der Waals surface area contributed by atoms with Gasteiger partial charge in [-0.3, -0.25) is 28.8 Å². The summed E-state index contributed by atoms with van der Waals surface area (Å²) in [5, 5.41) is 6.64. The molecule has 3 atom stereocenters. The minimum Gasteiger partial charge on any atom is -0.457 e. The number of ketones is 6. The van der Waals surface area contributed by atoms with E-state index < -0.39 is 28.8 Å². The molecule has 10 rings (SSSR count). The first-order valence-corrected chi connectivity index (χ1v) is 18.9. The van der Waals surface area contributed by atoms with Crippen LogP contribution in [0.1, 0.15) is 104 Å². The maximum atomic E-state index is 14.4. The topological polar surface area (TPSA) is 156 Å². The molecule has 3 unspecified atom stereocenters. The number of aromatic nitrogens is 3. The van der Waals surface area contributed by atoms with E-state index in [4.69, 9.17) is 16.3 Å². The van der Waals surface area contributed by atoms with Crippen molar-refractivity contribution in [3.05, 3.63) is 163 Å². The van der Waals surface area contributed by atoms with Crippen molar-refractivity contribution in [3.63, 3.8) is 0 Å². The van der Waals surface area contributed by atoms with Crippen molar-refractivity contribution in [2.24, 2.45) is 5.41 Å². The molecule has 276 valence electrons. The van der Waals surface area contributed by atoms with Crippen LogP contribution in [0.2, 0.25) is 5.15 Å². The van der Waals surface area contributed by atoms with Crippen molar-refractivity contribution in [3.8, 4) is 0 Å². The number of allylic oxidation sites excluding steroid dienone is 8. The van der Waals surface area contributed by atoms with E-state index in [1.54, 1.807) is 47.3 Å². The van der Waals surface area contributed by atoms with Gasteiger partial charge in [-0.25, -0.2) is 4.98 Å². The molecule has 0 saturated carbocycles. The molecule has 0 saturated heterocycles. The second kappa shape index (κ2) is 12.3. The van der Waals surface area contributed by atoms with E-state index in [1.807, 2.05) is 37.3 Å². The van der Waals surface area contributed by atoms with Crippen molar-refractivity contribution >= 4 is 46.3 Å². The largest absolute Gasteiger partial charge is 0.457 e. The number of Topliss-reactive ketones (excluding diaryl/α,β-unsaturated/α-hetero) is 6. The van der Waals surface area contributed by atoms with Crippen LogP contribution < -0.4 is 10.00 Å². The lowest BCUT2D eigenvalue weighted by Gasteiger charge is -2.41. The summed E-state index contributed by atoms with van der Waals surface area (Å²) in [6, 6.07) is 19.2. The Bertz CT molecular complexity index is 2680. The number of carbonyl (C=O) groups is 6. The molecule has 0 radical (unpaired) electrons. The van der Waals surface area contributed by atoms with Crippen LogP contribution >= 0.6 is 11.6 Å². The Hall–Kier alpha value is -6.33. The average Bonchev–Trinajstić information content (AvgIpc) is 3.62. The summed E-state index contributed by atoms with van der Waals surface area (Å²) in [4.78, 5) is 88.8. The number of H-pyrrole nitrogens is 1. The molecule has 0 spiro atoms. The zero-order chi connectivity index (χ0) is 38.6. The quantitative estimate of drug-likeness (QED) is 0.184. The molecule has 0 fully saturated rings. The number of dihydropyridines is 1. The van der Waals surface area contributed by atoms with Crippen LogP contribution in [0, 0.1) is 5.41 Å². The average molecular weight is 764 g/mol. The van der Waals surface area contributed by atoms with Crippen LogP contribution in [0.5, 0.6) is 0 Å². The third-order valence-electron chi connectivity index (χ3n) is 11.8. The van der Waals surface area contributed by atoms with E-state index in [0.29, 0.717) is 53.8 Å². The van der Waals surface area contributed by atoms with E-state index in [-0.39, 0.29) is 86.2 Å². The predicted octanol–water partition coefficient (Wildman–Crippen LogP) is 6.15. The Morgan fingerprint density at radius 3 is 2.23 bits per heavy atom. The monoisotopic (exact) mass is 763 g/mol. The minimum atomic E-state index is -0.852. The Labute approximate surface area is 324 Å². The first kappa shape index (κ1) is 34.2. The van der Waals surface area contributed by atoms with Gasteiger partial charge in [-0.15, -0.1) is 4.68 Å². The highest BCUT2D eigenvalue weighted by Gasteiger charge is 2.51. The fourth-order valence-corrected chi connectivity index (χ4v) is 9.54. The molecule has 4 aromatic rings. The number of nitrogens with zero attached hydrogens (tertiary/aromatic N) is 2. The summed E-state index contributed by atoms with van der Waals surface area (Å²) in [6.07, 6.45) is 4.89. The number of benzene rings is 2. The lowest BCUT2D eigenvalue weighted by molar-refractivity contribution is -0.760. The first-order chi connectivity index (χ1) is 27.0. The first-order valence-electron chi connectivity index (χ1n) is 18.5. The molecular formula is C44H32ClN4O7+. The van der Waals surface area contributed by atoms with E-state index in [1.165, 1.54) is 6.20 Å². The number of ether oxygens (including phenoxy) is 1. The maximum Gasteiger partial charge on any atom is 0.237 e. The molecule has 11 nitrogen and oxygen atoms in total. The van der Waals surface area contributed by atoms with Crippen LogP contribution in [0.4, 0.5) is 0 Å².